The second kappa shape index (κ2) is 12.8. The molecule has 0 amide bonds. The van der Waals surface area contributed by atoms with E-state index in [0.29, 0.717) is 5.82 Å². The quantitative estimate of drug-likeness (QED) is 0.177. The van der Waals surface area contributed by atoms with Gasteiger partial charge < -0.3 is 4.74 Å². The molecule has 5 nitrogen and oxygen atoms in total. The number of pyridine rings is 2. The summed E-state index contributed by atoms with van der Waals surface area (Å²) >= 11 is 0. The number of fused-ring (bicyclic) bond motifs is 9. The van der Waals surface area contributed by atoms with Crippen LogP contribution >= 0.6 is 0 Å². The number of nitrogens with zero attached hydrogens (tertiary/aromatic N) is 4. The maximum Gasteiger partial charge on any atom is 0.160 e. The molecule has 0 fully saturated rings. The Bertz CT molecular complexity index is 2860. The molecule has 0 N–H and O–H groups in total. The Labute approximate surface area is 324 Å². The van der Waals surface area contributed by atoms with E-state index < -0.39 is 5.41 Å². The van der Waals surface area contributed by atoms with Gasteiger partial charge in [-0.1, -0.05) is 133 Å². The zero-order valence-electron chi connectivity index (χ0n) is 30.2. The predicted octanol–water partition coefficient (Wildman–Crippen LogP) is 12.1. The van der Waals surface area contributed by atoms with Crippen LogP contribution in [0.2, 0.25) is 0 Å². The Hall–Kier alpha value is -7.50. The van der Waals surface area contributed by atoms with Crippen molar-refractivity contribution in [2.24, 2.45) is 0 Å². The predicted molar refractivity (Wildman–Crippen MR) is 222 cm³/mol. The van der Waals surface area contributed by atoms with E-state index in [1.165, 1.54) is 22.3 Å². The lowest BCUT2D eigenvalue weighted by atomic mass is 9.67. The normalized spacial score (nSPS) is 12.9. The van der Waals surface area contributed by atoms with Crippen LogP contribution in [-0.2, 0) is 5.41 Å². The minimum atomic E-state index is -0.631. The molecule has 11 rings (SSSR count). The van der Waals surface area contributed by atoms with Gasteiger partial charge in [0, 0.05) is 52.6 Å². The van der Waals surface area contributed by atoms with Gasteiger partial charge in [-0.15, -0.1) is 0 Å². The van der Waals surface area contributed by atoms with E-state index in [2.05, 4.69) is 131 Å². The highest BCUT2D eigenvalue weighted by Crippen LogP contribution is 2.62. The summed E-state index contributed by atoms with van der Waals surface area (Å²) in [6.07, 6.45) is 7.51. The first-order valence-electron chi connectivity index (χ1n) is 18.8. The molecule has 2 aliphatic rings. The smallest absolute Gasteiger partial charge is 0.160 e. The maximum atomic E-state index is 6.49. The fraction of sp³-hybridized carbons (Fsp3) is 0.0196. The molecular weight excluding hydrogens is 685 g/mol. The average Bonchev–Trinajstić information content (AvgIpc) is 3.57. The van der Waals surface area contributed by atoms with E-state index in [4.69, 9.17) is 14.7 Å². The van der Waals surface area contributed by atoms with Crippen molar-refractivity contribution in [2.75, 3.05) is 0 Å². The Kier molecular flexibility index (Phi) is 7.32. The van der Waals surface area contributed by atoms with Crippen molar-refractivity contribution >= 4 is 0 Å². The average molecular weight is 717 g/mol. The third-order valence-corrected chi connectivity index (χ3v) is 11.2. The number of aromatic nitrogens is 4. The van der Waals surface area contributed by atoms with Crippen molar-refractivity contribution in [3.63, 3.8) is 0 Å². The number of hydrogen-bond donors (Lipinski definition) is 0. The molecule has 56 heavy (non-hydrogen) atoms. The largest absolute Gasteiger partial charge is 0.456 e. The molecule has 0 saturated heterocycles. The molecule has 5 heteroatoms. The monoisotopic (exact) mass is 716 g/mol. The van der Waals surface area contributed by atoms with Crippen LogP contribution in [-0.4, -0.2) is 19.9 Å². The van der Waals surface area contributed by atoms with Gasteiger partial charge >= 0.3 is 0 Å². The Morgan fingerprint density at radius 1 is 0.357 bits per heavy atom. The molecule has 4 heterocycles. The Morgan fingerprint density at radius 3 is 1.55 bits per heavy atom. The SMILES string of the molecule is c1ccc(-c2cc(-c3cccc(-c4cccc(-c5ccc6c(c5)C5(c7cnccc7Oc7ccncc75)c5ccccc5-6)c4)c3)nc(-c3ccccc3)n2)cc1. The topological polar surface area (TPSA) is 60.8 Å². The standard InChI is InChI=1S/C51H32N4O/c1-3-11-33(12-4-1)46-30-47(55-50(54-46)34-13-5-2-6-14-34)39-18-10-17-37(28-39)35-15-9-16-36(27-35)38-21-22-41-40-19-7-8-20-42(40)51(43(41)29-38)44-31-52-25-23-48(44)56-49-24-26-53-32-45(49)51/h1-32H. The van der Waals surface area contributed by atoms with E-state index in [-0.39, 0.29) is 0 Å². The van der Waals surface area contributed by atoms with Crippen molar-refractivity contribution in [3.8, 4) is 78.8 Å². The van der Waals surface area contributed by atoms with Crippen LogP contribution in [0.25, 0.3) is 67.3 Å². The second-order valence-electron chi connectivity index (χ2n) is 14.3. The second-order valence-corrected chi connectivity index (χ2v) is 14.3. The third kappa shape index (κ3) is 5.02. The molecule has 1 aliphatic heterocycles. The minimum absolute atomic E-state index is 0.631. The van der Waals surface area contributed by atoms with Gasteiger partial charge in [-0.25, -0.2) is 9.97 Å². The van der Waals surface area contributed by atoms with Crippen LogP contribution in [0.5, 0.6) is 11.5 Å². The summed E-state index contributed by atoms with van der Waals surface area (Å²) in [5.41, 5.74) is 15.5. The zero-order chi connectivity index (χ0) is 37.1. The van der Waals surface area contributed by atoms with Crippen LogP contribution in [0.4, 0.5) is 0 Å². The van der Waals surface area contributed by atoms with Crippen LogP contribution in [0, 0.1) is 0 Å². The molecule has 9 aromatic rings. The van der Waals surface area contributed by atoms with E-state index in [1.54, 1.807) is 12.4 Å². The summed E-state index contributed by atoms with van der Waals surface area (Å²) in [5.74, 6) is 2.32. The fourth-order valence-corrected chi connectivity index (χ4v) is 8.61. The Morgan fingerprint density at radius 2 is 0.875 bits per heavy atom. The van der Waals surface area contributed by atoms with Gasteiger partial charge in [0.25, 0.3) is 0 Å². The van der Waals surface area contributed by atoms with Gasteiger partial charge in [0.05, 0.1) is 16.8 Å². The van der Waals surface area contributed by atoms with Crippen LogP contribution in [0.1, 0.15) is 22.3 Å². The molecule has 0 saturated carbocycles. The van der Waals surface area contributed by atoms with Crippen LogP contribution in [0.15, 0.2) is 195 Å². The van der Waals surface area contributed by atoms with Crippen molar-refractivity contribution in [1.82, 2.24) is 19.9 Å². The summed E-state index contributed by atoms with van der Waals surface area (Å²) in [4.78, 5) is 19.3. The Balaban J connectivity index is 1.03. The molecule has 1 spiro atoms. The molecule has 0 unspecified atom stereocenters. The van der Waals surface area contributed by atoms with E-state index in [1.807, 2.05) is 60.9 Å². The summed E-state index contributed by atoms with van der Waals surface area (Å²) in [6, 6.07) is 59.5. The minimum Gasteiger partial charge on any atom is -0.456 e. The van der Waals surface area contributed by atoms with Crippen molar-refractivity contribution in [1.29, 1.82) is 0 Å². The molecule has 262 valence electrons. The number of rotatable bonds is 5. The zero-order valence-corrected chi connectivity index (χ0v) is 30.2. The molecule has 0 radical (unpaired) electrons. The first kappa shape index (κ1) is 32.0. The molecule has 0 atom stereocenters. The van der Waals surface area contributed by atoms with Crippen molar-refractivity contribution < 1.29 is 4.74 Å². The molecular formula is C51H32N4O. The van der Waals surface area contributed by atoms with Gasteiger partial charge in [-0.3, -0.25) is 9.97 Å². The third-order valence-electron chi connectivity index (χ3n) is 11.2. The molecule has 0 bridgehead atoms. The number of hydrogen-bond acceptors (Lipinski definition) is 5. The van der Waals surface area contributed by atoms with Gasteiger partial charge in [0.2, 0.25) is 0 Å². The summed E-state index contributed by atoms with van der Waals surface area (Å²) < 4.78 is 6.49. The fourth-order valence-electron chi connectivity index (χ4n) is 8.61. The first-order chi connectivity index (χ1) is 27.7. The highest BCUT2D eigenvalue weighted by molar-refractivity contribution is 5.90. The maximum absolute atomic E-state index is 6.49. The lowest BCUT2D eigenvalue weighted by Gasteiger charge is -2.38. The van der Waals surface area contributed by atoms with Crippen LogP contribution in [0.3, 0.4) is 0 Å². The number of ether oxygens (including phenoxy) is 1. The molecule has 6 aromatic carbocycles. The van der Waals surface area contributed by atoms with Crippen molar-refractivity contribution in [3.05, 3.63) is 217 Å². The summed E-state index contributed by atoms with van der Waals surface area (Å²) in [7, 11) is 0. The van der Waals surface area contributed by atoms with Crippen molar-refractivity contribution in [2.45, 2.75) is 5.41 Å². The van der Waals surface area contributed by atoms with Gasteiger partial charge in [0.15, 0.2) is 5.82 Å². The summed E-state index contributed by atoms with van der Waals surface area (Å²) in [5, 5.41) is 0. The summed E-state index contributed by atoms with van der Waals surface area (Å²) in [6.45, 7) is 0. The first-order valence-corrected chi connectivity index (χ1v) is 18.8. The number of benzene rings is 6. The highest BCUT2D eigenvalue weighted by atomic mass is 16.5. The van der Waals surface area contributed by atoms with Gasteiger partial charge in [-0.2, -0.15) is 0 Å². The van der Waals surface area contributed by atoms with Gasteiger partial charge in [0.1, 0.15) is 11.5 Å². The molecule has 3 aromatic heterocycles. The van der Waals surface area contributed by atoms with Gasteiger partial charge in [-0.05, 0) is 80.9 Å². The van der Waals surface area contributed by atoms with E-state index in [0.717, 1.165) is 73.0 Å². The van der Waals surface area contributed by atoms with E-state index in [9.17, 15) is 0 Å². The highest BCUT2D eigenvalue weighted by Gasteiger charge is 2.51. The van der Waals surface area contributed by atoms with Crippen LogP contribution < -0.4 is 4.74 Å². The lowest BCUT2D eigenvalue weighted by Crippen LogP contribution is -2.32. The molecule has 1 aliphatic carbocycles. The lowest BCUT2D eigenvalue weighted by molar-refractivity contribution is 0.433. The van der Waals surface area contributed by atoms with E-state index >= 15 is 0 Å².